The zero-order valence-electron chi connectivity index (χ0n) is 23.6. The number of urea groups is 1. The van der Waals surface area contributed by atoms with E-state index in [4.69, 9.17) is 16.2 Å². The molecule has 2 saturated heterocycles. The summed E-state index contributed by atoms with van der Waals surface area (Å²) >= 11 is 0. The summed E-state index contributed by atoms with van der Waals surface area (Å²) in [5.74, 6) is -3.16. The number of carbonyl (C=O) groups is 3. The van der Waals surface area contributed by atoms with Crippen molar-refractivity contribution in [2.75, 3.05) is 31.1 Å². The molecule has 44 heavy (non-hydrogen) atoms. The molecule has 15 nitrogen and oxygen atoms in total. The number of hydrogen-bond donors (Lipinski definition) is 7. The van der Waals surface area contributed by atoms with Crippen molar-refractivity contribution >= 4 is 35.5 Å². The monoisotopic (exact) mass is 602 g/mol. The topological polar surface area (TPSA) is 213 Å². The first-order chi connectivity index (χ1) is 21.1. The molecule has 0 radical (unpaired) electrons. The summed E-state index contributed by atoms with van der Waals surface area (Å²) in [7, 11) is 0. The van der Waals surface area contributed by atoms with E-state index in [1.54, 1.807) is 36.4 Å². The third kappa shape index (κ3) is 3.47. The number of benzene rings is 2. The molecule has 6 aliphatic rings. The van der Waals surface area contributed by atoms with Crippen LogP contribution in [0.2, 0.25) is 0 Å². The van der Waals surface area contributed by atoms with Crippen LogP contribution in [0, 0.1) is 0 Å². The van der Waals surface area contributed by atoms with Crippen LogP contribution >= 0.6 is 0 Å². The number of imide groups is 1. The summed E-state index contributed by atoms with van der Waals surface area (Å²) in [5, 5.41) is 29.4. The number of rotatable bonds is 5. The number of carbonyl (C=O) groups excluding carboxylic acids is 3. The second-order valence-corrected chi connectivity index (χ2v) is 12.3. The van der Waals surface area contributed by atoms with E-state index in [0.29, 0.717) is 23.6 Å². The fourth-order valence-electron chi connectivity index (χ4n) is 7.42. The number of aliphatic hydroxyl groups is 2. The number of amides is 4. The summed E-state index contributed by atoms with van der Waals surface area (Å²) < 4.78 is 5.93. The Morgan fingerprint density at radius 3 is 2.66 bits per heavy atom. The number of hydrogen-bond acceptors (Lipinski definition) is 11. The maximum atomic E-state index is 13.6. The van der Waals surface area contributed by atoms with Gasteiger partial charge in [-0.25, -0.2) is 15.1 Å². The van der Waals surface area contributed by atoms with Crippen molar-refractivity contribution in [2.24, 2.45) is 16.5 Å². The smallest absolute Gasteiger partial charge is 0.343 e. The molecule has 4 atom stereocenters. The molecule has 1 unspecified atom stereocenters. The standard InChI is InChI=1S/C29H31N9O6/c30-24-34-22-18(11-37-20(39)13-36(26(37)41)15-5-2-1-3-6-15)32-25(31)38-12-19(29(42,43)28(22,38)35-24)33-23(40)16-7-4-8-17-21(16)44-14-27(17)9-10-27/h1-8,18-19,22,42-43H,9-14H2,(H2,31,32)(H,33,40)(H3,30,34,35)/p+1/t18-,19?,22-,28-/m0/s1. The first-order valence-corrected chi connectivity index (χ1v) is 14.5. The van der Waals surface area contributed by atoms with Gasteiger partial charge in [-0.05, 0) is 31.0 Å². The Balaban J connectivity index is 1.07. The zero-order valence-corrected chi connectivity index (χ0v) is 23.6. The number of guanidine groups is 2. The SMILES string of the molecule is NC1=N[C@@H](CN2C(=O)CN(c3ccccc3)C2=O)[C@@H]2[NH+]=C(N)N[C@]23N1CC(NC(=O)c1cccc2c1OCC21CC1)C3(O)O. The van der Waals surface area contributed by atoms with Gasteiger partial charge in [0.1, 0.15) is 24.4 Å². The third-order valence-electron chi connectivity index (χ3n) is 9.86. The Bertz CT molecular complexity index is 1670. The molecular formula is C29H32N9O6+. The lowest BCUT2D eigenvalue weighted by Gasteiger charge is -2.46. The Hall–Kier alpha value is -4.89. The van der Waals surface area contributed by atoms with Crippen molar-refractivity contribution in [3.05, 3.63) is 59.7 Å². The number of aliphatic imine (C=N–C) groups is 1. The number of para-hydroxylation sites is 2. The van der Waals surface area contributed by atoms with Gasteiger partial charge in [-0.3, -0.25) is 35.0 Å². The highest BCUT2D eigenvalue weighted by atomic mass is 16.5. The average molecular weight is 603 g/mol. The van der Waals surface area contributed by atoms with Gasteiger partial charge in [0.2, 0.25) is 5.79 Å². The van der Waals surface area contributed by atoms with Crippen molar-refractivity contribution in [3.8, 4) is 5.75 Å². The molecule has 5 aliphatic heterocycles. The summed E-state index contributed by atoms with van der Waals surface area (Å²) in [4.78, 5) is 51.4. The number of fused-ring (bicyclic) bond motifs is 2. The average Bonchev–Trinajstić information content (AvgIpc) is 3.34. The second-order valence-electron chi connectivity index (χ2n) is 12.3. The molecule has 2 spiro atoms. The number of nitrogens with zero attached hydrogens (tertiary/aromatic N) is 4. The van der Waals surface area contributed by atoms with Crippen molar-refractivity contribution in [1.82, 2.24) is 20.4 Å². The maximum absolute atomic E-state index is 13.6. The van der Waals surface area contributed by atoms with Crippen LogP contribution < -0.4 is 36.7 Å². The second kappa shape index (κ2) is 8.83. The lowest BCUT2D eigenvalue weighted by molar-refractivity contribution is -0.521. The van der Waals surface area contributed by atoms with E-state index in [0.717, 1.165) is 23.3 Å². The van der Waals surface area contributed by atoms with Gasteiger partial charge in [-0.15, -0.1) is 0 Å². The first kappa shape index (κ1) is 26.7. The number of anilines is 1. The number of ether oxygens (including phenoxy) is 1. The molecular weight excluding hydrogens is 570 g/mol. The summed E-state index contributed by atoms with van der Waals surface area (Å²) in [6.45, 7) is 0.0418. The Labute approximate surface area is 251 Å². The van der Waals surface area contributed by atoms with Gasteiger partial charge >= 0.3 is 12.0 Å². The molecule has 4 amide bonds. The zero-order chi connectivity index (χ0) is 30.6. The van der Waals surface area contributed by atoms with Gasteiger partial charge in [-0.2, -0.15) is 0 Å². The van der Waals surface area contributed by atoms with Crippen molar-refractivity contribution in [2.45, 2.75) is 47.8 Å². The largest absolute Gasteiger partial charge is 0.492 e. The normalized spacial score (nSPS) is 30.3. The molecule has 3 fully saturated rings. The van der Waals surface area contributed by atoms with E-state index in [9.17, 15) is 24.6 Å². The highest BCUT2D eigenvalue weighted by molar-refractivity contribution is 6.12. The van der Waals surface area contributed by atoms with Gasteiger partial charge in [0.05, 0.1) is 25.3 Å². The van der Waals surface area contributed by atoms with Crippen molar-refractivity contribution in [3.63, 3.8) is 0 Å². The van der Waals surface area contributed by atoms with Gasteiger partial charge in [0.15, 0.2) is 12.0 Å². The number of nitrogens with two attached hydrogens (primary N) is 2. The highest BCUT2D eigenvalue weighted by Gasteiger charge is 2.76. The molecule has 0 bridgehead atoms. The van der Waals surface area contributed by atoms with Crippen LogP contribution in [0.1, 0.15) is 28.8 Å². The lowest BCUT2D eigenvalue weighted by Crippen LogP contribution is -2.90. The van der Waals surface area contributed by atoms with E-state index >= 15 is 0 Å². The van der Waals surface area contributed by atoms with Crippen molar-refractivity contribution < 1.29 is 34.3 Å². The molecule has 5 heterocycles. The fourth-order valence-corrected chi connectivity index (χ4v) is 7.42. The molecule has 15 heteroatoms. The minimum atomic E-state index is -2.65. The van der Waals surface area contributed by atoms with Crippen LogP contribution in [-0.2, 0) is 10.2 Å². The van der Waals surface area contributed by atoms with Crippen LogP contribution in [0.5, 0.6) is 5.75 Å². The third-order valence-corrected chi connectivity index (χ3v) is 9.86. The van der Waals surface area contributed by atoms with Crippen LogP contribution in [0.15, 0.2) is 53.5 Å². The van der Waals surface area contributed by atoms with Gasteiger partial charge in [0.25, 0.3) is 17.5 Å². The molecule has 0 aromatic heterocycles. The van der Waals surface area contributed by atoms with Crippen LogP contribution in [-0.4, -0.2) is 106 Å². The Kier molecular flexibility index (Phi) is 5.36. The van der Waals surface area contributed by atoms with Crippen molar-refractivity contribution in [1.29, 1.82) is 0 Å². The van der Waals surface area contributed by atoms with Gasteiger partial charge < -0.3 is 26.0 Å². The van der Waals surface area contributed by atoms with E-state index in [2.05, 4.69) is 20.6 Å². The highest BCUT2D eigenvalue weighted by Crippen LogP contribution is 2.56. The first-order valence-electron chi connectivity index (χ1n) is 14.5. The maximum Gasteiger partial charge on any atom is 0.343 e. The Morgan fingerprint density at radius 2 is 1.91 bits per heavy atom. The van der Waals surface area contributed by atoms with E-state index < -0.39 is 47.4 Å². The minimum absolute atomic E-state index is 0.0170. The predicted molar refractivity (Wildman–Crippen MR) is 154 cm³/mol. The fraction of sp³-hybridized carbons (Fsp3) is 0.414. The molecule has 1 saturated carbocycles. The van der Waals surface area contributed by atoms with Crippen LogP contribution in [0.4, 0.5) is 10.5 Å². The van der Waals surface area contributed by atoms with E-state index in [1.807, 2.05) is 12.1 Å². The summed E-state index contributed by atoms with van der Waals surface area (Å²) in [5.41, 5.74) is 12.6. The molecule has 9 N–H and O–H groups in total. The van der Waals surface area contributed by atoms with Gasteiger partial charge in [-0.1, -0.05) is 30.3 Å². The molecule has 2 aromatic rings. The molecule has 8 rings (SSSR count). The lowest BCUT2D eigenvalue weighted by atomic mass is 9.84. The van der Waals surface area contributed by atoms with Crippen LogP contribution in [0.3, 0.4) is 0 Å². The van der Waals surface area contributed by atoms with E-state index in [1.165, 1.54) is 9.80 Å². The van der Waals surface area contributed by atoms with Crippen LogP contribution in [0.25, 0.3) is 0 Å². The Morgan fingerprint density at radius 1 is 1.14 bits per heavy atom. The van der Waals surface area contributed by atoms with E-state index in [-0.39, 0.29) is 37.0 Å². The quantitative estimate of drug-likeness (QED) is 0.132. The predicted octanol–water partition coefficient (Wildman–Crippen LogP) is -3.57. The molecule has 228 valence electrons. The molecule has 2 aromatic carbocycles. The van der Waals surface area contributed by atoms with Gasteiger partial charge in [0, 0.05) is 16.7 Å². The summed E-state index contributed by atoms with van der Waals surface area (Å²) in [6.07, 6.45) is 2.00. The molecule has 1 aliphatic carbocycles. The summed E-state index contributed by atoms with van der Waals surface area (Å²) in [6, 6.07) is 10.6. The minimum Gasteiger partial charge on any atom is -0.492 e. The number of nitrogens with one attached hydrogen (secondary N) is 3.